The zero-order chi connectivity index (χ0) is 13.3. The van der Waals surface area contributed by atoms with Crippen LogP contribution in [0.1, 0.15) is 40.5 Å². The Morgan fingerprint density at radius 3 is 2.47 bits per heavy atom. The Morgan fingerprint density at radius 2 is 2.06 bits per heavy atom. The molecule has 0 saturated carbocycles. The summed E-state index contributed by atoms with van der Waals surface area (Å²) in [6.07, 6.45) is 6.76. The van der Waals surface area contributed by atoms with E-state index in [1.165, 1.54) is 0 Å². The van der Waals surface area contributed by atoms with E-state index in [1.54, 1.807) is 4.90 Å². The highest BCUT2D eigenvalue weighted by Gasteiger charge is 2.16. The number of allylic oxidation sites excluding steroid dienone is 1. The van der Waals surface area contributed by atoms with E-state index in [0.717, 1.165) is 31.6 Å². The number of amides is 1. The molecule has 98 valence electrons. The van der Waals surface area contributed by atoms with Gasteiger partial charge >= 0.3 is 0 Å². The van der Waals surface area contributed by atoms with Gasteiger partial charge in [-0.25, -0.2) is 0 Å². The zero-order valence-corrected chi connectivity index (χ0v) is 11.7. The van der Waals surface area contributed by atoms with E-state index >= 15 is 0 Å². The average Bonchev–Trinajstić information content (AvgIpc) is 2.33. The van der Waals surface area contributed by atoms with Crippen LogP contribution in [0.2, 0.25) is 0 Å². The molecule has 0 radical (unpaired) electrons. The Hall–Kier alpha value is -1.32. The first-order valence-electron chi connectivity index (χ1n) is 6.21. The van der Waals surface area contributed by atoms with Crippen molar-refractivity contribution in [3.8, 4) is 0 Å². The molecular weight excluding hydrogens is 214 g/mol. The maximum absolute atomic E-state index is 11.2. The summed E-state index contributed by atoms with van der Waals surface area (Å²) in [5.74, 6) is 0.751. The summed E-state index contributed by atoms with van der Waals surface area (Å²) < 4.78 is 0. The van der Waals surface area contributed by atoms with Gasteiger partial charge in [0.15, 0.2) is 0 Å². The number of hydrogen-bond donors (Lipinski definition) is 0. The molecule has 1 atom stereocenters. The first kappa shape index (κ1) is 15.7. The zero-order valence-electron chi connectivity index (χ0n) is 11.7. The van der Waals surface area contributed by atoms with E-state index in [9.17, 15) is 4.79 Å². The third-order valence-electron chi connectivity index (χ3n) is 2.77. The van der Waals surface area contributed by atoms with Gasteiger partial charge in [0.25, 0.3) is 0 Å². The number of carbonyl (C=O) groups excluding carboxylic acids is 1. The summed E-state index contributed by atoms with van der Waals surface area (Å²) in [5, 5.41) is 6.19. The SMILES string of the molecule is CC=CCC(CC)N(C=O)C(C)=NN(C)CC. The van der Waals surface area contributed by atoms with Gasteiger partial charge in [-0.3, -0.25) is 14.7 Å². The Kier molecular flexibility index (Phi) is 8.11. The number of nitrogens with zero attached hydrogens (tertiary/aromatic N) is 3. The minimum absolute atomic E-state index is 0.192. The fraction of sp³-hybridized carbons (Fsp3) is 0.692. The van der Waals surface area contributed by atoms with E-state index in [4.69, 9.17) is 0 Å². The molecule has 0 aliphatic heterocycles. The fourth-order valence-electron chi connectivity index (χ4n) is 1.57. The molecule has 0 heterocycles. The van der Waals surface area contributed by atoms with E-state index in [2.05, 4.69) is 18.1 Å². The van der Waals surface area contributed by atoms with Gasteiger partial charge in [0, 0.05) is 19.6 Å². The largest absolute Gasteiger partial charge is 0.299 e. The quantitative estimate of drug-likeness (QED) is 0.225. The molecule has 0 aliphatic rings. The Balaban J connectivity index is 4.77. The van der Waals surface area contributed by atoms with Crippen LogP contribution in [0.4, 0.5) is 0 Å². The lowest BCUT2D eigenvalue weighted by atomic mass is 10.1. The van der Waals surface area contributed by atoms with Crippen LogP contribution in [0.15, 0.2) is 17.3 Å². The lowest BCUT2D eigenvalue weighted by Crippen LogP contribution is -2.38. The normalized spacial score (nSPS) is 13.8. The first-order valence-corrected chi connectivity index (χ1v) is 6.21. The minimum Gasteiger partial charge on any atom is -0.299 e. The lowest BCUT2D eigenvalue weighted by Gasteiger charge is -2.27. The molecule has 0 aliphatic carbocycles. The molecule has 17 heavy (non-hydrogen) atoms. The van der Waals surface area contributed by atoms with Crippen molar-refractivity contribution in [2.45, 2.75) is 46.6 Å². The van der Waals surface area contributed by atoms with Gasteiger partial charge < -0.3 is 0 Å². The molecule has 1 amide bonds. The van der Waals surface area contributed by atoms with Gasteiger partial charge in [-0.05, 0) is 33.6 Å². The molecule has 0 aromatic rings. The molecule has 0 aromatic heterocycles. The van der Waals surface area contributed by atoms with Crippen molar-refractivity contribution in [2.24, 2.45) is 5.10 Å². The molecule has 0 bridgehead atoms. The maximum Gasteiger partial charge on any atom is 0.215 e. The molecule has 0 saturated heterocycles. The summed E-state index contributed by atoms with van der Waals surface area (Å²) in [5.41, 5.74) is 0. The van der Waals surface area contributed by atoms with Crippen LogP contribution in [0.3, 0.4) is 0 Å². The van der Waals surface area contributed by atoms with Crippen LogP contribution in [0, 0.1) is 0 Å². The van der Waals surface area contributed by atoms with E-state index in [1.807, 2.05) is 38.9 Å². The molecule has 0 fully saturated rings. The number of hydrogen-bond acceptors (Lipinski definition) is 3. The molecule has 0 rings (SSSR count). The number of hydrazone groups is 1. The van der Waals surface area contributed by atoms with Gasteiger partial charge in [0.1, 0.15) is 5.84 Å². The fourth-order valence-corrected chi connectivity index (χ4v) is 1.57. The van der Waals surface area contributed by atoms with Crippen LogP contribution in [0.5, 0.6) is 0 Å². The van der Waals surface area contributed by atoms with Crippen molar-refractivity contribution in [2.75, 3.05) is 13.6 Å². The van der Waals surface area contributed by atoms with Crippen molar-refractivity contribution >= 4 is 12.2 Å². The van der Waals surface area contributed by atoms with Gasteiger partial charge in [0.05, 0.1) is 0 Å². The molecule has 4 heteroatoms. The minimum atomic E-state index is 0.192. The molecule has 0 aromatic carbocycles. The summed E-state index contributed by atoms with van der Waals surface area (Å²) in [4.78, 5) is 12.9. The van der Waals surface area contributed by atoms with Crippen LogP contribution >= 0.6 is 0 Å². The second kappa shape index (κ2) is 8.79. The standard InChI is InChI=1S/C13H25N3O/c1-6-9-10-13(7-2)16(11-17)12(4)14-15(5)8-3/h6,9,11,13H,7-8,10H2,1-5H3. The van der Waals surface area contributed by atoms with Gasteiger partial charge in [-0.2, -0.15) is 5.10 Å². The summed E-state index contributed by atoms with van der Waals surface area (Å²) in [6, 6.07) is 0.192. The predicted molar refractivity (Wildman–Crippen MR) is 72.8 cm³/mol. The van der Waals surface area contributed by atoms with Crippen molar-refractivity contribution < 1.29 is 4.79 Å². The van der Waals surface area contributed by atoms with E-state index in [0.29, 0.717) is 0 Å². The third kappa shape index (κ3) is 5.52. The molecule has 1 unspecified atom stereocenters. The lowest BCUT2D eigenvalue weighted by molar-refractivity contribution is -0.116. The Labute approximate surface area is 105 Å². The molecule has 0 N–H and O–H groups in total. The van der Waals surface area contributed by atoms with Crippen molar-refractivity contribution in [1.82, 2.24) is 9.91 Å². The summed E-state index contributed by atoms with van der Waals surface area (Å²) in [7, 11) is 1.90. The van der Waals surface area contributed by atoms with Crippen molar-refractivity contribution in [3.05, 3.63) is 12.2 Å². The van der Waals surface area contributed by atoms with E-state index in [-0.39, 0.29) is 6.04 Å². The van der Waals surface area contributed by atoms with Crippen molar-refractivity contribution in [3.63, 3.8) is 0 Å². The Morgan fingerprint density at radius 1 is 1.41 bits per heavy atom. The first-order chi connectivity index (χ1) is 8.10. The molecular formula is C13H25N3O. The number of amidine groups is 1. The molecule has 4 nitrogen and oxygen atoms in total. The Bertz CT molecular complexity index is 274. The van der Waals surface area contributed by atoms with Crippen LogP contribution in [-0.2, 0) is 4.79 Å². The van der Waals surface area contributed by atoms with Gasteiger partial charge in [0.2, 0.25) is 6.41 Å². The predicted octanol–water partition coefficient (Wildman–Crippen LogP) is 2.47. The highest BCUT2D eigenvalue weighted by Crippen LogP contribution is 2.09. The highest BCUT2D eigenvalue weighted by molar-refractivity contribution is 5.89. The highest BCUT2D eigenvalue weighted by atomic mass is 16.1. The second-order valence-electron chi connectivity index (χ2n) is 4.00. The second-order valence-corrected chi connectivity index (χ2v) is 4.00. The maximum atomic E-state index is 11.2. The third-order valence-corrected chi connectivity index (χ3v) is 2.77. The monoisotopic (exact) mass is 239 g/mol. The van der Waals surface area contributed by atoms with Gasteiger partial charge in [-0.15, -0.1) is 0 Å². The number of rotatable bonds is 7. The smallest absolute Gasteiger partial charge is 0.215 e. The average molecular weight is 239 g/mol. The van der Waals surface area contributed by atoms with Gasteiger partial charge in [-0.1, -0.05) is 19.1 Å². The summed E-state index contributed by atoms with van der Waals surface area (Å²) >= 11 is 0. The topological polar surface area (TPSA) is 35.9 Å². The summed E-state index contributed by atoms with van der Waals surface area (Å²) in [6.45, 7) is 8.80. The van der Waals surface area contributed by atoms with Crippen LogP contribution in [0.25, 0.3) is 0 Å². The van der Waals surface area contributed by atoms with E-state index < -0.39 is 0 Å². The van der Waals surface area contributed by atoms with Crippen LogP contribution < -0.4 is 0 Å². The number of carbonyl (C=O) groups is 1. The molecule has 0 spiro atoms. The van der Waals surface area contributed by atoms with Crippen LogP contribution in [-0.4, -0.2) is 41.8 Å². The van der Waals surface area contributed by atoms with Crippen molar-refractivity contribution in [1.29, 1.82) is 0 Å².